The Labute approximate surface area is 106 Å². The third-order valence-corrected chi connectivity index (χ3v) is 3.09. The molecule has 0 aliphatic rings. The van der Waals surface area contributed by atoms with Gasteiger partial charge in [-0.15, -0.1) is 0 Å². The lowest BCUT2D eigenvalue weighted by atomic mass is 9.92. The van der Waals surface area contributed by atoms with E-state index >= 15 is 0 Å². The molecule has 18 heavy (non-hydrogen) atoms. The molecular weight excluding hydrogens is 226 g/mol. The van der Waals surface area contributed by atoms with E-state index in [1.165, 1.54) is 0 Å². The van der Waals surface area contributed by atoms with Gasteiger partial charge in [-0.2, -0.15) is 0 Å². The first-order chi connectivity index (χ1) is 8.59. The maximum absolute atomic E-state index is 11.5. The predicted octanol–water partition coefficient (Wildman–Crippen LogP) is 2.91. The van der Waals surface area contributed by atoms with Crippen LogP contribution in [0.4, 0.5) is 0 Å². The van der Waals surface area contributed by atoms with Gasteiger partial charge in [-0.05, 0) is 42.7 Å². The van der Waals surface area contributed by atoms with Crippen molar-refractivity contribution in [2.75, 3.05) is 0 Å². The van der Waals surface area contributed by atoms with Gasteiger partial charge in [-0.3, -0.25) is 9.78 Å². The van der Waals surface area contributed by atoms with Crippen LogP contribution in [0.5, 0.6) is 0 Å². The number of pyridine rings is 1. The van der Waals surface area contributed by atoms with E-state index in [4.69, 9.17) is 0 Å². The van der Waals surface area contributed by atoms with E-state index in [1.807, 2.05) is 32.0 Å². The number of aromatic nitrogens is 1. The average molecular weight is 241 g/mol. The number of benzene rings is 1. The van der Waals surface area contributed by atoms with Crippen LogP contribution in [0.15, 0.2) is 42.6 Å². The van der Waals surface area contributed by atoms with Gasteiger partial charge in [0.15, 0.2) is 0 Å². The fourth-order valence-corrected chi connectivity index (χ4v) is 1.93. The molecule has 92 valence electrons. The van der Waals surface area contributed by atoms with E-state index in [0.717, 1.165) is 16.7 Å². The Hall–Kier alpha value is -2.16. The molecule has 2 aromatic rings. The lowest BCUT2D eigenvalue weighted by Crippen LogP contribution is -2.14. The minimum atomic E-state index is -0.878. The Morgan fingerprint density at radius 3 is 2.50 bits per heavy atom. The summed E-state index contributed by atoms with van der Waals surface area (Å²) in [5.41, 5.74) is 3.58. The summed E-state index contributed by atoms with van der Waals surface area (Å²) in [6, 6.07) is 11.1. The third-order valence-electron chi connectivity index (χ3n) is 3.09. The van der Waals surface area contributed by atoms with Crippen molar-refractivity contribution in [1.29, 1.82) is 0 Å². The van der Waals surface area contributed by atoms with Gasteiger partial charge >= 0.3 is 5.97 Å². The molecule has 0 radical (unpaired) electrons. The fraction of sp³-hybridized carbons (Fsp3) is 0.200. The van der Waals surface area contributed by atoms with Crippen molar-refractivity contribution in [3.05, 3.63) is 65.0 Å². The highest BCUT2D eigenvalue weighted by atomic mass is 16.4. The van der Waals surface area contributed by atoms with Crippen molar-refractivity contribution >= 4 is 5.97 Å². The maximum Gasteiger partial charge on any atom is 0.317 e. The highest BCUT2D eigenvalue weighted by Gasteiger charge is 2.23. The monoisotopic (exact) mass is 241 g/mol. The molecule has 2 rings (SSSR count). The molecule has 3 nitrogen and oxygen atoms in total. The highest BCUT2D eigenvalue weighted by molar-refractivity contribution is 5.79. The van der Waals surface area contributed by atoms with Crippen LogP contribution < -0.4 is 0 Å². The van der Waals surface area contributed by atoms with Gasteiger partial charge in [0.25, 0.3) is 0 Å². The fourth-order valence-electron chi connectivity index (χ4n) is 1.93. The normalized spacial score (nSPS) is 12.1. The predicted molar refractivity (Wildman–Crippen MR) is 69.6 cm³/mol. The minimum absolute atomic E-state index is 0.563. The van der Waals surface area contributed by atoms with Crippen LogP contribution in [0.2, 0.25) is 0 Å². The number of carboxylic acid groups (broad SMARTS) is 1. The van der Waals surface area contributed by atoms with E-state index in [1.54, 1.807) is 24.4 Å². The van der Waals surface area contributed by atoms with E-state index in [9.17, 15) is 9.90 Å². The molecule has 1 aromatic heterocycles. The Kier molecular flexibility index (Phi) is 3.42. The molecule has 0 amide bonds. The van der Waals surface area contributed by atoms with Gasteiger partial charge in [0, 0.05) is 6.20 Å². The highest BCUT2D eigenvalue weighted by Crippen LogP contribution is 2.25. The number of rotatable bonds is 3. The lowest BCUT2D eigenvalue weighted by molar-refractivity contribution is -0.137. The number of aryl methyl sites for hydroxylation is 2. The summed E-state index contributed by atoms with van der Waals surface area (Å²) in [7, 11) is 0. The largest absolute Gasteiger partial charge is 0.480 e. The number of hydrogen-bond acceptors (Lipinski definition) is 2. The molecule has 0 fully saturated rings. The lowest BCUT2D eigenvalue weighted by Gasteiger charge is -2.13. The van der Waals surface area contributed by atoms with Crippen molar-refractivity contribution in [2.45, 2.75) is 19.8 Å². The molecule has 1 atom stereocenters. The zero-order chi connectivity index (χ0) is 13.1. The SMILES string of the molecule is Cc1ccc(C(C(=O)O)c2ccccn2)cc1C. The summed E-state index contributed by atoms with van der Waals surface area (Å²) in [6.45, 7) is 3.99. The van der Waals surface area contributed by atoms with Gasteiger partial charge in [-0.25, -0.2) is 0 Å². The summed E-state index contributed by atoms with van der Waals surface area (Å²) in [4.78, 5) is 15.6. The van der Waals surface area contributed by atoms with Gasteiger partial charge in [0.05, 0.1) is 5.69 Å². The van der Waals surface area contributed by atoms with Crippen LogP contribution in [-0.4, -0.2) is 16.1 Å². The molecule has 0 saturated carbocycles. The Balaban J connectivity index is 2.49. The topological polar surface area (TPSA) is 50.2 Å². The molecule has 0 aliphatic heterocycles. The molecule has 0 bridgehead atoms. The standard InChI is InChI=1S/C15H15NO2/c1-10-6-7-12(9-11(10)2)14(15(17)18)13-5-3-4-8-16-13/h3-9,14H,1-2H3,(H,17,18). The smallest absolute Gasteiger partial charge is 0.317 e. The summed E-state index contributed by atoms with van der Waals surface area (Å²) >= 11 is 0. The van der Waals surface area contributed by atoms with Crippen LogP contribution in [-0.2, 0) is 4.79 Å². The van der Waals surface area contributed by atoms with Gasteiger partial charge in [0.1, 0.15) is 5.92 Å². The van der Waals surface area contributed by atoms with Crippen molar-refractivity contribution in [3.63, 3.8) is 0 Å². The number of hydrogen-bond donors (Lipinski definition) is 1. The summed E-state index contributed by atoms with van der Waals surface area (Å²) in [6.07, 6.45) is 1.62. The summed E-state index contributed by atoms with van der Waals surface area (Å²) in [5, 5.41) is 9.40. The van der Waals surface area contributed by atoms with E-state index in [0.29, 0.717) is 5.69 Å². The minimum Gasteiger partial charge on any atom is -0.480 e. The molecule has 3 heteroatoms. The van der Waals surface area contributed by atoms with Crippen LogP contribution in [0.25, 0.3) is 0 Å². The maximum atomic E-state index is 11.5. The first-order valence-corrected chi connectivity index (χ1v) is 5.80. The van der Waals surface area contributed by atoms with Crippen molar-refractivity contribution in [1.82, 2.24) is 4.98 Å². The van der Waals surface area contributed by atoms with Crippen LogP contribution in [0.3, 0.4) is 0 Å². The van der Waals surface area contributed by atoms with Gasteiger partial charge in [-0.1, -0.05) is 24.3 Å². The molecule has 0 aliphatic carbocycles. The second-order valence-corrected chi connectivity index (χ2v) is 4.37. The number of carboxylic acids is 1. The summed E-state index contributed by atoms with van der Waals surface area (Å²) in [5.74, 6) is -1.58. The average Bonchev–Trinajstić information content (AvgIpc) is 2.35. The van der Waals surface area contributed by atoms with Crippen LogP contribution in [0, 0.1) is 13.8 Å². The molecule has 1 unspecified atom stereocenters. The molecule has 1 heterocycles. The number of nitrogens with zero attached hydrogens (tertiary/aromatic N) is 1. The van der Waals surface area contributed by atoms with Crippen molar-refractivity contribution in [3.8, 4) is 0 Å². The van der Waals surface area contributed by atoms with Crippen molar-refractivity contribution in [2.24, 2.45) is 0 Å². The Morgan fingerprint density at radius 1 is 1.17 bits per heavy atom. The quantitative estimate of drug-likeness (QED) is 0.898. The molecule has 0 spiro atoms. The first kappa shape index (κ1) is 12.3. The first-order valence-electron chi connectivity index (χ1n) is 5.80. The Bertz CT molecular complexity index is 564. The molecule has 0 saturated heterocycles. The molecule has 1 N–H and O–H groups in total. The zero-order valence-electron chi connectivity index (χ0n) is 10.4. The van der Waals surface area contributed by atoms with Crippen molar-refractivity contribution < 1.29 is 9.90 Å². The molecule has 1 aromatic carbocycles. The van der Waals surface area contributed by atoms with E-state index in [-0.39, 0.29) is 0 Å². The number of aliphatic carboxylic acids is 1. The van der Waals surface area contributed by atoms with E-state index in [2.05, 4.69) is 4.98 Å². The Morgan fingerprint density at radius 2 is 1.94 bits per heavy atom. The van der Waals surface area contributed by atoms with Crippen LogP contribution in [0.1, 0.15) is 28.3 Å². The van der Waals surface area contributed by atoms with Crippen LogP contribution >= 0.6 is 0 Å². The summed E-state index contributed by atoms with van der Waals surface area (Å²) < 4.78 is 0. The van der Waals surface area contributed by atoms with E-state index < -0.39 is 11.9 Å². The zero-order valence-corrected chi connectivity index (χ0v) is 10.4. The second-order valence-electron chi connectivity index (χ2n) is 4.37. The number of carbonyl (C=O) groups is 1. The van der Waals surface area contributed by atoms with Gasteiger partial charge in [0.2, 0.25) is 0 Å². The third kappa shape index (κ3) is 2.40. The second kappa shape index (κ2) is 5.00. The molecular formula is C15H15NO2. The van der Waals surface area contributed by atoms with Gasteiger partial charge < -0.3 is 5.11 Å².